The predicted molar refractivity (Wildman–Crippen MR) is 105 cm³/mol. The third-order valence-electron chi connectivity index (χ3n) is 3.95. The van der Waals surface area contributed by atoms with Crippen LogP contribution in [0.5, 0.6) is 5.75 Å². The van der Waals surface area contributed by atoms with Gasteiger partial charge in [0.1, 0.15) is 5.75 Å². The average Bonchev–Trinajstić information content (AvgIpc) is 2.99. The van der Waals surface area contributed by atoms with Gasteiger partial charge < -0.3 is 14.6 Å². The number of nitrogens with zero attached hydrogens (tertiary/aromatic N) is 1. The molecule has 0 saturated heterocycles. The van der Waals surface area contributed by atoms with E-state index >= 15 is 0 Å². The van der Waals surface area contributed by atoms with Crippen LogP contribution in [0.15, 0.2) is 59.6 Å². The second-order valence-corrected chi connectivity index (χ2v) is 7.13. The number of thioether (sulfide) groups is 1. The Bertz CT molecular complexity index is 952. The molecule has 0 aliphatic heterocycles. The van der Waals surface area contributed by atoms with Crippen LogP contribution in [0.4, 0.5) is 18.9 Å². The van der Waals surface area contributed by atoms with Crippen LogP contribution >= 0.6 is 11.8 Å². The van der Waals surface area contributed by atoms with E-state index in [4.69, 9.17) is 0 Å². The molecule has 1 amide bonds. The molecule has 0 aliphatic rings. The largest absolute Gasteiger partial charge is 0.573 e. The van der Waals surface area contributed by atoms with Crippen molar-refractivity contribution in [1.82, 2.24) is 4.57 Å². The Morgan fingerprint density at radius 1 is 1.14 bits per heavy atom. The number of aromatic nitrogens is 1. The molecule has 0 spiro atoms. The molecule has 0 radical (unpaired) electrons. The van der Waals surface area contributed by atoms with Crippen LogP contribution in [0.2, 0.25) is 0 Å². The molecule has 0 unspecified atom stereocenters. The summed E-state index contributed by atoms with van der Waals surface area (Å²) in [4.78, 5) is 13.2. The van der Waals surface area contributed by atoms with Crippen molar-refractivity contribution in [2.75, 3.05) is 11.1 Å². The highest BCUT2D eigenvalue weighted by atomic mass is 32.2. The fraction of sp³-hybridized carbons (Fsp3) is 0.250. The van der Waals surface area contributed by atoms with E-state index in [-0.39, 0.29) is 17.4 Å². The number of benzene rings is 2. The van der Waals surface area contributed by atoms with Gasteiger partial charge >= 0.3 is 6.36 Å². The number of para-hydroxylation sites is 1. The van der Waals surface area contributed by atoms with Crippen LogP contribution in [0.25, 0.3) is 10.9 Å². The Morgan fingerprint density at radius 3 is 2.54 bits per heavy atom. The molecule has 2 aromatic carbocycles. The minimum Gasteiger partial charge on any atom is -0.406 e. The van der Waals surface area contributed by atoms with Crippen molar-refractivity contribution in [2.45, 2.75) is 31.1 Å². The number of rotatable bonds is 7. The molecule has 28 heavy (non-hydrogen) atoms. The fourth-order valence-corrected chi connectivity index (χ4v) is 3.72. The summed E-state index contributed by atoms with van der Waals surface area (Å²) in [6.07, 6.45) is -1.68. The molecule has 3 rings (SSSR count). The number of halogens is 3. The average molecular weight is 408 g/mol. The third-order valence-corrected chi connectivity index (χ3v) is 4.99. The highest BCUT2D eigenvalue weighted by Gasteiger charge is 2.30. The SMILES string of the molecule is CCCn1cc(SCC(=O)Nc2ccc(OC(F)(F)F)cc2)c2ccccc21. The van der Waals surface area contributed by atoms with Crippen LogP contribution in [0, 0.1) is 0 Å². The maximum atomic E-state index is 12.2. The number of anilines is 1. The molecule has 4 nitrogen and oxygen atoms in total. The van der Waals surface area contributed by atoms with Gasteiger partial charge in [0.15, 0.2) is 0 Å². The zero-order chi connectivity index (χ0) is 20.1. The number of hydrogen-bond acceptors (Lipinski definition) is 3. The number of aryl methyl sites for hydroxylation is 1. The van der Waals surface area contributed by atoms with E-state index in [9.17, 15) is 18.0 Å². The molecule has 8 heteroatoms. The Morgan fingerprint density at radius 2 is 1.86 bits per heavy atom. The topological polar surface area (TPSA) is 43.3 Å². The lowest BCUT2D eigenvalue weighted by Gasteiger charge is -2.10. The molecule has 0 bridgehead atoms. The standard InChI is InChI=1S/C20H19F3N2O2S/c1-2-11-25-12-18(16-5-3-4-6-17(16)25)28-13-19(26)24-14-7-9-15(10-8-14)27-20(21,22)23/h3-10,12H,2,11,13H2,1H3,(H,24,26). The van der Waals surface area contributed by atoms with Crippen molar-refractivity contribution >= 4 is 34.3 Å². The second kappa shape index (κ2) is 8.60. The fourth-order valence-electron chi connectivity index (χ4n) is 2.83. The summed E-state index contributed by atoms with van der Waals surface area (Å²) in [5.74, 6) is -0.369. The summed E-state index contributed by atoms with van der Waals surface area (Å²) >= 11 is 1.43. The van der Waals surface area contributed by atoms with Crippen LogP contribution in [-0.4, -0.2) is 22.6 Å². The first kappa shape index (κ1) is 20.1. The second-order valence-electron chi connectivity index (χ2n) is 6.11. The van der Waals surface area contributed by atoms with E-state index < -0.39 is 6.36 Å². The first-order chi connectivity index (χ1) is 13.4. The number of alkyl halides is 3. The Labute approximate surface area is 164 Å². The molecular formula is C20H19F3N2O2S. The van der Waals surface area contributed by atoms with Crippen LogP contribution < -0.4 is 10.1 Å². The smallest absolute Gasteiger partial charge is 0.406 e. The summed E-state index contributed by atoms with van der Waals surface area (Å²) < 4.78 is 42.5. The molecule has 1 N–H and O–H groups in total. The highest BCUT2D eigenvalue weighted by Crippen LogP contribution is 2.30. The number of nitrogens with one attached hydrogen (secondary N) is 1. The summed E-state index contributed by atoms with van der Waals surface area (Å²) in [7, 11) is 0. The van der Waals surface area contributed by atoms with Gasteiger partial charge in [-0.1, -0.05) is 25.1 Å². The molecule has 0 fully saturated rings. The number of carbonyl (C=O) groups excluding carboxylic acids is 1. The van der Waals surface area contributed by atoms with Gasteiger partial charge in [-0.15, -0.1) is 24.9 Å². The number of amides is 1. The van der Waals surface area contributed by atoms with E-state index in [1.165, 1.54) is 23.9 Å². The predicted octanol–water partition coefficient (Wildman–Crippen LogP) is 5.68. The van der Waals surface area contributed by atoms with Crippen molar-refractivity contribution in [1.29, 1.82) is 0 Å². The molecule has 148 valence electrons. The molecule has 1 heterocycles. The van der Waals surface area contributed by atoms with Crippen LogP contribution in [0.3, 0.4) is 0 Å². The zero-order valence-corrected chi connectivity index (χ0v) is 15.9. The van der Waals surface area contributed by atoms with E-state index in [1.807, 2.05) is 18.2 Å². The normalized spacial score (nSPS) is 11.6. The highest BCUT2D eigenvalue weighted by molar-refractivity contribution is 8.00. The molecule has 0 saturated carbocycles. The third kappa shape index (κ3) is 5.22. The molecule has 3 aromatic rings. The van der Waals surface area contributed by atoms with Gasteiger partial charge in [-0.3, -0.25) is 4.79 Å². The van der Waals surface area contributed by atoms with Gasteiger partial charge in [-0.25, -0.2) is 0 Å². The van der Waals surface area contributed by atoms with Crippen molar-refractivity contribution in [3.63, 3.8) is 0 Å². The van der Waals surface area contributed by atoms with E-state index in [0.717, 1.165) is 40.9 Å². The van der Waals surface area contributed by atoms with Crippen molar-refractivity contribution < 1.29 is 22.7 Å². The molecule has 0 aliphatic carbocycles. The molecular weight excluding hydrogens is 389 g/mol. The van der Waals surface area contributed by atoms with E-state index in [0.29, 0.717) is 5.69 Å². The van der Waals surface area contributed by atoms with Crippen LogP contribution in [0.1, 0.15) is 13.3 Å². The first-order valence-electron chi connectivity index (χ1n) is 8.72. The quantitative estimate of drug-likeness (QED) is 0.512. The monoisotopic (exact) mass is 408 g/mol. The van der Waals surface area contributed by atoms with Crippen molar-refractivity contribution in [3.05, 3.63) is 54.7 Å². The Hall–Kier alpha value is -2.61. The summed E-state index contributed by atoms with van der Waals surface area (Å²) in [6, 6.07) is 13.1. The van der Waals surface area contributed by atoms with E-state index in [1.54, 1.807) is 0 Å². The number of carbonyl (C=O) groups is 1. The van der Waals surface area contributed by atoms with Crippen molar-refractivity contribution in [2.24, 2.45) is 0 Å². The molecule has 0 atom stereocenters. The lowest BCUT2D eigenvalue weighted by atomic mass is 10.2. The zero-order valence-electron chi connectivity index (χ0n) is 15.1. The summed E-state index contributed by atoms with van der Waals surface area (Å²) in [6.45, 7) is 3.01. The summed E-state index contributed by atoms with van der Waals surface area (Å²) in [5.41, 5.74) is 1.54. The van der Waals surface area contributed by atoms with Gasteiger partial charge in [0.25, 0.3) is 0 Å². The summed E-state index contributed by atoms with van der Waals surface area (Å²) in [5, 5.41) is 3.78. The number of ether oxygens (including phenoxy) is 1. The Balaban J connectivity index is 1.61. The van der Waals surface area contributed by atoms with E-state index in [2.05, 4.69) is 33.8 Å². The lowest BCUT2D eigenvalue weighted by Crippen LogP contribution is -2.17. The van der Waals surface area contributed by atoms with Crippen molar-refractivity contribution in [3.8, 4) is 5.75 Å². The maximum absolute atomic E-state index is 12.2. The molecule has 1 aromatic heterocycles. The first-order valence-corrected chi connectivity index (χ1v) is 9.70. The van der Waals surface area contributed by atoms with Gasteiger partial charge in [-0.2, -0.15) is 0 Å². The van der Waals surface area contributed by atoms with Gasteiger partial charge in [0, 0.05) is 34.2 Å². The Kier molecular flexibility index (Phi) is 6.18. The van der Waals surface area contributed by atoms with Gasteiger partial charge in [0.2, 0.25) is 5.91 Å². The minimum absolute atomic E-state index is 0.195. The van der Waals surface area contributed by atoms with Gasteiger partial charge in [-0.05, 0) is 36.8 Å². The maximum Gasteiger partial charge on any atom is 0.573 e. The number of fused-ring (bicyclic) bond motifs is 1. The minimum atomic E-state index is -4.74. The van der Waals surface area contributed by atoms with Crippen LogP contribution in [-0.2, 0) is 11.3 Å². The number of hydrogen-bond donors (Lipinski definition) is 1. The van der Waals surface area contributed by atoms with Gasteiger partial charge in [0.05, 0.1) is 5.75 Å². The lowest BCUT2D eigenvalue weighted by molar-refractivity contribution is -0.274.